The molecule has 0 bridgehead atoms. The fourth-order valence-corrected chi connectivity index (χ4v) is 1.42. The van der Waals surface area contributed by atoms with E-state index in [1.807, 2.05) is 0 Å². The van der Waals surface area contributed by atoms with Crippen LogP contribution in [0.1, 0.15) is 10.4 Å². The van der Waals surface area contributed by atoms with E-state index in [4.69, 9.17) is 15.6 Å². The van der Waals surface area contributed by atoms with E-state index in [2.05, 4.69) is 4.98 Å². The number of carboxylic acid groups (broad SMARTS) is 1. The number of carboxylic acids is 1. The summed E-state index contributed by atoms with van der Waals surface area (Å²) in [7, 11) is 0. The summed E-state index contributed by atoms with van der Waals surface area (Å²) >= 11 is 0. The summed E-state index contributed by atoms with van der Waals surface area (Å²) in [5, 5.41) is 8.86. The molecule has 0 saturated heterocycles. The van der Waals surface area contributed by atoms with Crippen LogP contribution in [0.5, 0.6) is 11.6 Å². The van der Waals surface area contributed by atoms with E-state index < -0.39 is 17.6 Å². The van der Waals surface area contributed by atoms with Gasteiger partial charge in [0.05, 0.1) is 5.56 Å². The van der Waals surface area contributed by atoms with Crippen molar-refractivity contribution >= 4 is 11.7 Å². The van der Waals surface area contributed by atoms with Crippen LogP contribution < -0.4 is 10.5 Å². The summed E-state index contributed by atoms with van der Waals surface area (Å²) < 4.78 is 31.0. The van der Waals surface area contributed by atoms with E-state index in [9.17, 15) is 13.6 Å². The Labute approximate surface area is 106 Å². The van der Waals surface area contributed by atoms with Crippen molar-refractivity contribution in [3.63, 3.8) is 0 Å². The highest BCUT2D eigenvalue weighted by atomic mass is 19.1. The van der Waals surface area contributed by atoms with Gasteiger partial charge in [-0.15, -0.1) is 0 Å². The second-order valence-electron chi connectivity index (χ2n) is 3.59. The molecule has 5 nitrogen and oxygen atoms in total. The number of halogens is 2. The molecule has 3 N–H and O–H groups in total. The van der Waals surface area contributed by atoms with E-state index in [0.29, 0.717) is 6.07 Å². The largest absolute Gasteiger partial charge is 0.478 e. The van der Waals surface area contributed by atoms with Gasteiger partial charge in [-0.2, -0.15) is 0 Å². The van der Waals surface area contributed by atoms with Crippen molar-refractivity contribution in [1.29, 1.82) is 0 Å². The molecule has 1 aromatic carbocycles. The van der Waals surface area contributed by atoms with Crippen LogP contribution in [0.15, 0.2) is 30.5 Å². The van der Waals surface area contributed by atoms with Crippen LogP contribution in [0.3, 0.4) is 0 Å². The van der Waals surface area contributed by atoms with Gasteiger partial charge in [0.1, 0.15) is 23.1 Å². The van der Waals surface area contributed by atoms with E-state index in [0.717, 1.165) is 12.1 Å². The lowest BCUT2D eigenvalue weighted by molar-refractivity contribution is 0.0697. The summed E-state index contributed by atoms with van der Waals surface area (Å²) in [5.74, 6) is -3.31. The minimum absolute atomic E-state index is 0.167. The molecule has 0 aliphatic carbocycles. The van der Waals surface area contributed by atoms with Crippen LogP contribution in [0, 0.1) is 11.6 Å². The Balaban J connectivity index is 2.38. The number of nitrogen functional groups attached to an aromatic ring is 1. The van der Waals surface area contributed by atoms with Crippen molar-refractivity contribution < 1.29 is 23.4 Å². The number of nitrogens with two attached hydrogens (primary N) is 1. The Kier molecular flexibility index (Phi) is 3.28. The molecule has 19 heavy (non-hydrogen) atoms. The van der Waals surface area contributed by atoms with Crippen LogP contribution in [-0.4, -0.2) is 16.1 Å². The number of hydrogen-bond donors (Lipinski definition) is 2. The number of pyridine rings is 1. The third-order valence-electron chi connectivity index (χ3n) is 2.23. The van der Waals surface area contributed by atoms with Gasteiger partial charge in [-0.3, -0.25) is 0 Å². The first-order chi connectivity index (χ1) is 8.97. The number of anilines is 1. The fraction of sp³-hybridized carbons (Fsp3) is 0. The van der Waals surface area contributed by atoms with Gasteiger partial charge < -0.3 is 15.6 Å². The highest BCUT2D eigenvalue weighted by molar-refractivity contribution is 5.94. The van der Waals surface area contributed by atoms with E-state index in [1.54, 1.807) is 0 Å². The van der Waals surface area contributed by atoms with E-state index in [1.165, 1.54) is 12.3 Å². The Morgan fingerprint density at radius 3 is 2.47 bits per heavy atom. The second-order valence-corrected chi connectivity index (χ2v) is 3.59. The van der Waals surface area contributed by atoms with Gasteiger partial charge in [-0.05, 0) is 6.07 Å². The topological polar surface area (TPSA) is 85.4 Å². The fourth-order valence-electron chi connectivity index (χ4n) is 1.42. The Bertz CT molecular complexity index is 627. The predicted octanol–water partition coefficient (Wildman–Crippen LogP) is 2.43. The average Bonchev–Trinajstić information content (AvgIpc) is 2.30. The first-order valence-electron chi connectivity index (χ1n) is 5.09. The van der Waals surface area contributed by atoms with Gasteiger partial charge in [-0.1, -0.05) is 0 Å². The molecule has 98 valence electrons. The molecule has 0 amide bonds. The monoisotopic (exact) mass is 266 g/mol. The van der Waals surface area contributed by atoms with Crippen LogP contribution in [0.4, 0.5) is 14.5 Å². The SMILES string of the molecule is Nc1c(C(=O)O)ccnc1Oc1cc(F)cc(F)c1. The lowest BCUT2D eigenvalue weighted by Crippen LogP contribution is -2.05. The first kappa shape index (κ1) is 12.7. The van der Waals surface area contributed by atoms with Crippen molar-refractivity contribution in [2.45, 2.75) is 0 Å². The molecule has 0 aliphatic heterocycles. The average molecular weight is 266 g/mol. The Morgan fingerprint density at radius 1 is 1.26 bits per heavy atom. The predicted molar refractivity (Wildman–Crippen MR) is 62.0 cm³/mol. The number of rotatable bonds is 3. The normalized spacial score (nSPS) is 10.2. The van der Waals surface area contributed by atoms with Crippen molar-refractivity contribution in [1.82, 2.24) is 4.98 Å². The molecule has 0 fully saturated rings. The number of benzene rings is 1. The van der Waals surface area contributed by atoms with Crippen LogP contribution in [-0.2, 0) is 0 Å². The molecule has 0 saturated carbocycles. The minimum Gasteiger partial charge on any atom is -0.478 e. The van der Waals surface area contributed by atoms with Crippen LogP contribution in [0.2, 0.25) is 0 Å². The highest BCUT2D eigenvalue weighted by Crippen LogP contribution is 2.28. The first-order valence-corrected chi connectivity index (χ1v) is 5.09. The van der Waals surface area contributed by atoms with Gasteiger partial charge in [0, 0.05) is 24.4 Å². The number of nitrogens with zero attached hydrogens (tertiary/aromatic N) is 1. The van der Waals surface area contributed by atoms with Gasteiger partial charge in [-0.25, -0.2) is 18.6 Å². The molecule has 7 heteroatoms. The van der Waals surface area contributed by atoms with Crippen molar-refractivity contribution in [2.75, 3.05) is 5.73 Å². The van der Waals surface area contributed by atoms with Gasteiger partial charge in [0.15, 0.2) is 0 Å². The number of hydrogen-bond acceptors (Lipinski definition) is 4. The summed E-state index contributed by atoms with van der Waals surface area (Å²) in [5.41, 5.74) is 5.12. The maximum atomic E-state index is 13.0. The summed E-state index contributed by atoms with van der Waals surface area (Å²) in [4.78, 5) is 14.6. The quantitative estimate of drug-likeness (QED) is 0.891. The Hall–Kier alpha value is -2.70. The van der Waals surface area contributed by atoms with Crippen molar-refractivity contribution in [3.8, 4) is 11.6 Å². The molecule has 0 spiro atoms. The van der Waals surface area contributed by atoms with Gasteiger partial charge in [0.25, 0.3) is 0 Å². The zero-order chi connectivity index (χ0) is 14.0. The maximum absolute atomic E-state index is 13.0. The van der Waals surface area contributed by atoms with E-state index in [-0.39, 0.29) is 22.9 Å². The van der Waals surface area contributed by atoms with E-state index >= 15 is 0 Å². The third kappa shape index (κ3) is 2.76. The minimum atomic E-state index is -1.25. The zero-order valence-electron chi connectivity index (χ0n) is 9.43. The number of aromatic nitrogens is 1. The Morgan fingerprint density at radius 2 is 1.89 bits per heavy atom. The second kappa shape index (κ2) is 4.89. The molecular formula is C12H8F2N2O3. The summed E-state index contributed by atoms with van der Waals surface area (Å²) in [6, 6.07) is 3.73. The van der Waals surface area contributed by atoms with Crippen molar-refractivity contribution in [2.24, 2.45) is 0 Å². The molecule has 1 heterocycles. The molecule has 1 aromatic heterocycles. The number of aromatic carboxylic acids is 1. The standard InChI is InChI=1S/C12H8F2N2O3/c13-6-3-7(14)5-8(4-6)19-11-10(15)9(12(17)18)1-2-16-11/h1-5H,15H2,(H,17,18). The smallest absolute Gasteiger partial charge is 0.338 e. The maximum Gasteiger partial charge on any atom is 0.338 e. The zero-order valence-corrected chi connectivity index (χ0v) is 9.43. The number of carbonyl (C=O) groups is 1. The molecular weight excluding hydrogens is 258 g/mol. The summed E-state index contributed by atoms with van der Waals surface area (Å²) in [6.45, 7) is 0. The molecule has 0 unspecified atom stereocenters. The highest BCUT2D eigenvalue weighted by Gasteiger charge is 2.14. The molecule has 0 radical (unpaired) electrons. The van der Waals surface area contributed by atoms with Crippen LogP contribution in [0.25, 0.3) is 0 Å². The third-order valence-corrected chi connectivity index (χ3v) is 2.23. The number of ether oxygens (including phenoxy) is 1. The van der Waals surface area contributed by atoms with Gasteiger partial charge >= 0.3 is 5.97 Å². The lowest BCUT2D eigenvalue weighted by Gasteiger charge is -2.09. The van der Waals surface area contributed by atoms with Crippen molar-refractivity contribution in [3.05, 3.63) is 47.7 Å². The molecule has 2 aromatic rings. The molecule has 2 rings (SSSR count). The lowest BCUT2D eigenvalue weighted by atomic mass is 10.2. The molecule has 0 aliphatic rings. The van der Waals surface area contributed by atoms with Gasteiger partial charge in [0.2, 0.25) is 5.88 Å². The molecule has 0 atom stereocenters. The van der Waals surface area contributed by atoms with Crippen LogP contribution >= 0.6 is 0 Å². The summed E-state index contributed by atoms with van der Waals surface area (Å²) in [6.07, 6.45) is 1.17.